The Hall–Kier alpha value is -2.66. The summed E-state index contributed by atoms with van der Waals surface area (Å²) in [4.78, 5) is 28.6. The van der Waals surface area contributed by atoms with E-state index >= 15 is 0 Å². The van der Waals surface area contributed by atoms with Crippen molar-refractivity contribution in [2.24, 2.45) is 5.92 Å². The second-order valence-corrected chi connectivity index (χ2v) is 8.65. The molecule has 2 aliphatic rings. The highest BCUT2D eigenvalue weighted by Crippen LogP contribution is 2.22. The quantitative estimate of drug-likeness (QED) is 0.791. The third kappa shape index (κ3) is 5.08. The number of hydrogen-bond acceptors (Lipinski definition) is 3. The number of carbonyl (C=O) groups is 2. The summed E-state index contributed by atoms with van der Waals surface area (Å²) in [5.41, 5.74) is 3.90. The summed E-state index contributed by atoms with van der Waals surface area (Å²) in [7, 11) is 0. The molecule has 0 saturated carbocycles. The number of piperidine rings is 1. The van der Waals surface area contributed by atoms with Crippen LogP contribution in [0.25, 0.3) is 0 Å². The summed E-state index contributed by atoms with van der Waals surface area (Å²) in [6, 6.07) is 15.8. The molecule has 0 aliphatic carbocycles. The highest BCUT2D eigenvalue weighted by atomic mass is 16.2. The molecule has 2 amide bonds. The molecule has 5 nitrogen and oxygen atoms in total. The summed E-state index contributed by atoms with van der Waals surface area (Å²) in [5, 5.41) is 2.99. The lowest BCUT2D eigenvalue weighted by Gasteiger charge is -2.30. The fourth-order valence-electron chi connectivity index (χ4n) is 4.24. The molecule has 5 heteroatoms. The van der Waals surface area contributed by atoms with Gasteiger partial charge in [-0.05, 0) is 73.7 Å². The highest BCUT2D eigenvalue weighted by molar-refractivity contribution is 5.97. The van der Waals surface area contributed by atoms with Crippen LogP contribution in [0.15, 0.2) is 48.5 Å². The first-order valence-corrected chi connectivity index (χ1v) is 11.1. The smallest absolute Gasteiger partial charge is 0.251 e. The first-order chi connectivity index (χ1) is 14.6. The lowest BCUT2D eigenvalue weighted by Crippen LogP contribution is -2.32. The predicted molar refractivity (Wildman–Crippen MR) is 119 cm³/mol. The molecule has 0 radical (unpaired) electrons. The molecule has 4 rings (SSSR count). The molecule has 0 atom stereocenters. The Kier molecular flexibility index (Phi) is 6.48. The van der Waals surface area contributed by atoms with Gasteiger partial charge in [-0.1, -0.05) is 31.2 Å². The van der Waals surface area contributed by atoms with Crippen LogP contribution >= 0.6 is 0 Å². The summed E-state index contributed by atoms with van der Waals surface area (Å²) in [6.45, 7) is 6.98. The number of likely N-dealkylation sites (tertiary alicyclic amines) is 1. The first-order valence-electron chi connectivity index (χ1n) is 11.1. The fourth-order valence-corrected chi connectivity index (χ4v) is 4.24. The van der Waals surface area contributed by atoms with Crippen molar-refractivity contribution in [3.8, 4) is 0 Å². The second-order valence-electron chi connectivity index (χ2n) is 8.65. The van der Waals surface area contributed by atoms with Gasteiger partial charge in [0.1, 0.15) is 0 Å². The second kappa shape index (κ2) is 9.43. The average Bonchev–Trinajstić information content (AvgIpc) is 3.20. The minimum absolute atomic E-state index is 0.0965. The maximum absolute atomic E-state index is 12.5. The number of rotatable bonds is 6. The topological polar surface area (TPSA) is 52.7 Å². The number of carbonyl (C=O) groups excluding carboxylic acids is 2. The molecule has 2 aromatic carbocycles. The normalized spacial score (nSPS) is 18.0. The maximum atomic E-state index is 12.5. The lowest BCUT2D eigenvalue weighted by molar-refractivity contribution is -0.117. The fraction of sp³-hybridized carbons (Fsp3) is 0.440. The van der Waals surface area contributed by atoms with Crippen LogP contribution in [0.2, 0.25) is 0 Å². The molecule has 158 valence electrons. The van der Waals surface area contributed by atoms with Gasteiger partial charge in [0.2, 0.25) is 5.91 Å². The standard InChI is InChI=1S/C25H31N3O2/c1-19-12-15-27(16-13-19)18-21-6-4-20(5-7-21)17-26-25(30)22-8-10-23(11-9-22)28-14-2-3-24(28)29/h4-11,19H,2-3,12-18H2,1H3,(H,26,30). The molecule has 1 N–H and O–H groups in total. The van der Waals surface area contributed by atoms with E-state index in [1.807, 2.05) is 12.1 Å². The number of anilines is 1. The van der Waals surface area contributed by atoms with Crippen LogP contribution in [-0.4, -0.2) is 36.3 Å². The largest absolute Gasteiger partial charge is 0.348 e. The van der Waals surface area contributed by atoms with E-state index in [2.05, 4.69) is 41.4 Å². The molecule has 0 aromatic heterocycles. The molecular formula is C25H31N3O2. The maximum Gasteiger partial charge on any atom is 0.251 e. The number of nitrogens with zero attached hydrogens (tertiary/aromatic N) is 2. The van der Waals surface area contributed by atoms with Gasteiger partial charge in [-0.15, -0.1) is 0 Å². The molecule has 0 bridgehead atoms. The number of benzene rings is 2. The first kappa shape index (κ1) is 20.6. The summed E-state index contributed by atoms with van der Waals surface area (Å²) in [5.74, 6) is 0.914. The SMILES string of the molecule is CC1CCN(Cc2ccc(CNC(=O)c3ccc(N4CCCC4=O)cc3)cc2)CC1. The van der Waals surface area contributed by atoms with E-state index in [0.29, 0.717) is 18.5 Å². The van der Waals surface area contributed by atoms with Crippen molar-refractivity contribution in [3.05, 3.63) is 65.2 Å². The lowest BCUT2D eigenvalue weighted by atomic mass is 9.99. The molecule has 2 fully saturated rings. The Labute approximate surface area is 179 Å². The highest BCUT2D eigenvalue weighted by Gasteiger charge is 2.21. The van der Waals surface area contributed by atoms with E-state index in [1.54, 1.807) is 17.0 Å². The number of hydrogen-bond donors (Lipinski definition) is 1. The van der Waals surface area contributed by atoms with Crippen molar-refractivity contribution in [2.45, 2.75) is 45.7 Å². The van der Waals surface area contributed by atoms with Crippen molar-refractivity contribution in [2.75, 3.05) is 24.5 Å². The van der Waals surface area contributed by atoms with Gasteiger partial charge in [0.05, 0.1) is 0 Å². The molecular weight excluding hydrogens is 374 g/mol. The Balaban J connectivity index is 1.27. The summed E-state index contributed by atoms with van der Waals surface area (Å²) in [6.07, 6.45) is 4.09. The van der Waals surface area contributed by atoms with Crippen molar-refractivity contribution in [3.63, 3.8) is 0 Å². The van der Waals surface area contributed by atoms with Crippen LogP contribution in [0.1, 0.15) is 54.1 Å². The van der Waals surface area contributed by atoms with Crippen molar-refractivity contribution < 1.29 is 9.59 Å². The molecule has 2 aliphatic heterocycles. The third-order valence-corrected chi connectivity index (χ3v) is 6.27. The molecule has 0 spiro atoms. The van der Waals surface area contributed by atoms with Crippen molar-refractivity contribution in [1.29, 1.82) is 0 Å². The Morgan fingerprint density at radius 2 is 1.63 bits per heavy atom. The van der Waals surface area contributed by atoms with Crippen LogP contribution in [0.4, 0.5) is 5.69 Å². The molecule has 30 heavy (non-hydrogen) atoms. The van der Waals surface area contributed by atoms with E-state index in [-0.39, 0.29) is 11.8 Å². The van der Waals surface area contributed by atoms with Gasteiger partial charge in [-0.3, -0.25) is 14.5 Å². The zero-order valence-electron chi connectivity index (χ0n) is 17.8. The minimum atomic E-state index is -0.0965. The summed E-state index contributed by atoms with van der Waals surface area (Å²) < 4.78 is 0. The third-order valence-electron chi connectivity index (χ3n) is 6.27. The van der Waals surface area contributed by atoms with Crippen molar-refractivity contribution in [1.82, 2.24) is 10.2 Å². The van der Waals surface area contributed by atoms with Gasteiger partial charge < -0.3 is 10.2 Å². The van der Waals surface area contributed by atoms with E-state index in [0.717, 1.165) is 36.7 Å². The van der Waals surface area contributed by atoms with Gasteiger partial charge in [-0.25, -0.2) is 0 Å². The van der Waals surface area contributed by atoms with Crippen LogP contribution in [0, 0.1) is 5.92 Å². The van der Waals surface area contributed by atoms with Gasteiger partial charge in [0, 0.05) is 37.3 Å². The van der Waals surface area contributed by atoms with Crippen molar-refractivity contribution >= 4 is 17.5 Å². The molecule has 2 saturated heterocycles. The number of amides is 2. The monoisotopic (exact) mass is 405 g/mol. The van der Waals surface area contributed by atoms with Gasteiger partial charge in [-0.2, -0.15) is 0 Å². The van der Waals surface area contributed by atoms with Gasteiger partial charge >= 0.3 is 0 Å². The van der Waals surface area contributed by atoms with Crippen LogP contribution in [0.3, 0.4) is 0 Å². The molecule has 2 aromatic rings. The van der Waals surface area contributed by atoms with Crippen LogP contribution < -0.4 is 10.2 Å². The Morgan fingerprint density at radius 1 is 0.967 bits per heavy atom. The van der Waals surface area contributed by atoms with E-state index in [1.165, 1.54) is 31.5 Å². The van der Waals surface area contributed by atoms with Crippen LogP contribution in [-0.2, 0) is 17.9 Å². The minimum Gasteiger partial charge on any atom is -0.348 e. The van der Waals surface area contributed by atoms with Gasteiger partial charge in [0.15, 0.2) is 0 Å². The molecule has 2 heterocycles. The summed E-state index contributed by atoms with van der Waals surface area (Å²) >= 11 is 0. The van der Waals surface area contributed by atoms with E-state index in [4.69, 9.17) is 0 Å². The zero-order chi connectivity index (χ0) is 20.9. The van der Waals surface area contributed by atoms with E-state index in [9.17, 15) is 9.59 Å². The Morgan fingerprint density at radius 3 is 2.27 bits per heavy atom. The molecule has 0 unspecified atom stereocenters. The Bertz CT molecular complexity index is 868. The predicted octanol–water partition coefficient (Wildman–Crippen LogP) is 3.98. The van der Waals surface area contributed by atoms with Crippen LogP contribution in [0.5, 0.6) is 0 Å². The average molecular weight is 406 g/mol. The number of nitrogens with one attached hydrogen (secondary N) is 1. The van der Waals surface area contributed by atoms with Gasteiger partial charge in [0.25, 0.3) is 5.91 Å². The zero-order valence-corrected chi connectivity index (χ0v) is 17.8. The van der Waals surface area contributed by atoms with E-state index < -0.39 is 0 Å².